The Kier molecular flexibility index (Phi) is 2.27. The van der Waals surface area contributed by atoms with E-state index in [2.05, 4.69) is 4.98 Å². The average Bonchev–Trinajstić information content (AvgIpc) is 2.27. The maximum Gasteiger partial charge on any atom is 0.126 e. The molecule has 0 saturated carbocycles. The van der Waals surface area contributed by atoms with Gasteiger partial charge in [0.25, 0.3) is 0 Å². The fourth-order valence-electron chi connectivity index (χ4n) is 1.38. The van der Waals surface area contributed by atoms with Gasteiger partial charge in [0.1, 0.15) is 5.83 Å². The van der Waals surface area contributed by atoms with Crippen molar-refractivity contribution in [3.8, 4) is 0 Å². The molecule has 0 N–H and O–H groups in total. The van der Waals surface area contributed by atoms with Crippen molar-refractivity contribution in [3.63, 3.8) is 0 Å². The van der Waals surface area contributed by atoms with Crippen LogP contribution in [0.15, 0.2) is 42.6 Å². The highest BCUT2D eigenvalue weighted by Crippen LogP contribution is 2.20. The topological polar surface area (TPSA) is 12.9 Å². The highest BCUT2D eigenvalue weighted by Gasteiger charge is 2.00. The molecule has 0 aliphatic heterocycles. The minimum atomic E-state index is -0.211. The highest BCUT2D eigenvalue weighted by molar-refractivity contribution is 5.81. The number of allylic oxidation sites excluding steroid dienone is 1. The standard InChI is InChI=1S/C12H10FN/c1-2-11(13)10-6-5-9-4-3-7-14-12(9)8-10/h2-8H,1H3/b11-2+. The molecule has 1 nitrogen and oxygen atoms in total. The number of halogens is 1. The number of nitrogens with zero attached hydrogens (tertiary/aromatic N) is 1. The number of hydrogen-bond acceptors (Lipinski definition) is 1. The summed E-state index contributed by atoms with van der Waals surface area (Å²) in [5, 5.41) is 1.03. The molecule has 0 unspecified atom stereocenters. The van der Waals surface area contributed by atoms with E-state index in [0.29, 0.717) is 5.56 Å². The van der Waals surface area contributed by atoms with Gasteiger partial charge < -0.3 is 0 Å². The fraction of sp³-hybridized carbons (Fsp3) is 0.0833. The van der Waals surface area contributed by atoms with E-state index >= 15 is 0 Å². The second-order valence-corrected chi connectivity index (χ2v) is 3.05. The highest BCUT2D eigenvalue weighted by atomic mass is 19.1. The summed E-state index contributed by atoms with van der Waals surface area (Å²) in [5.41, 5.74) is 1.40. The summed E-state index contributed by atoms with van der Waals surface area (Å²) in [6.45, 7) is 1.68. The van der Waals surface area contributed by atoms with Crippen LogP contribution in [0.2, 0.25) is 0 Å². The summed E-state index contributed by atoms with van der Waals surface area (Å²) in [6, 6.07) is 9.22. The van der Waals surface area contributed by atoms with Gasteiger partial charge in [-0.3, -0.25) is 4.98 Å². The van der Waals surface area contributed by atoms with Crippen LogP contribution < -0.4 is 0 Å². The van der Waals surface area contributed by atoms with Crippen molar-refractivity contribution in [2.24, 2.45) is 0 Å². The molecule has 0 radical (unpaired) electrons. The number of fused-ring (bicyclic) bond motifs is 1. The quantitative estimate of drug-likeness (QED) is 0.665. The van der Waals surface area contributed by atoms with Crippen LogP contribution in [0, 0.1) is 0 Å². The summed E-state index contributed by atoms with van der Waals surface area (Å²) in [6.07, 6.45) is 3.16. The first kappa shape index (κ1) is 8.88. The van der Waals surface area contributed by atoms with Crippen molar-refractivity contribution >= 4 is 16.7 Å². The van der Waals surface area contributed by atoms with E-state index < -0.39 is 0 Å². The normalized spacial score (nSPS) is 12.0. The minimum Gasteiger partial charge on any atom is -0.256 e. The summed E-state index contributed by atoms with van der Waals surface area (Å²) in [4.78, 5) is 4.16. The van der Waals surface area contributed by atoms with Gasteiger partial charge in [-0.1, -0.05) is 24.3 Å². The third-order valence-corrected chi connectivity index (χ3v) is 2.14. The van der Waals surface area contributed by atoms with E-state index in [1.165, 1.54) is 6.08 Å². The Hall–Kier alpha value is -1.70. The Morgan fingerprint density at radius 3 is 3.00 bits per heavy atom. The van der Waals surface area contributed by atoms with Crippen molar-refractivity contribution in [2.45, 2.75) is 6.92 Å². The predicted molar refractivity (Wildman–Crippen MR) is 56.5 cm³/mol. The van der Waals surface area contributed by atoms with Crippen molar-refractivity contribution in [1.82, 2.24) is 4.98 Å². The van der Waals surface area contributed by atoms with E-state index in [1.54, 1.807) is 25.3 Å². The van der Waals surface area contributed by atoms with Gasteiger partial charge in [-0.15, -0.1) is 0 Å². The lowest BCUT2D eigenvalue weighted by atomic mass is 10.1. The maximum atomic E-state index is 13.2. The van der Waals surface area contributed by atoms with Crippen LogP contribution in [0.1, 0.15) is 12.5 Å². The molecule has 0 bridgehead atoms. The van der Waals surface area contributed by atoms with Gasteiger partial charge in [-0.25, -0.2) is 4.39 Å². The van der Waals surface area contributed by atoms with Gasteiger partial charge in [-0.05, 0) is 19.1 Å². The average molecular weight is 187 g/mol. The van der Waals surface area contributed by atoms with E-state index in [9.17, 15) is 4.39 Å². The van der Waals surface area contributed by atoms with Gasteiger partial charge in [-0.2, -0.15) is 0 Å². The molecule has 1 aromatic carbocycles. The van der Waals surface area contributed by atoms with E-state index in [-0.39, 0.29) is 5.83 Å². The Labute approximate surface area is 81.9 Å². The molecule has 1 heterocycles. The summed E-state index contributed by atoms with van der Waals surface area (Å²) in [7, 11) is 0. The van der Waals surface area contributed by atoms with Crippen LogP contribution in [0.4, 0.5) is 4.39 Å². The molecule has 0 spiro atoms. The van der Waals surface area contributed by atoms with Crippen molar-refractivity contribution < 1.29 is 4.39 Å². The lowest BCUT2D eigenvalue weighted by molar-refractivity contribution is 0.758. The fourth-order valence-corrected chi connectivity index (χ4v) is 1.38. The number of rotatable bonds is 1. The zero-order valence-electron chi connectivity index (χ0n) is 7.87. The number of aromatic nitrogens is 1. The monoisotopic (exact) mass is 187 g/mol. The lowest BCUT2D eigenvalue weighted by Crippen LogP contribution is -1.81. The molecule has 2 heteroatoms. The summed E-state index contributed by atoms with van der Waals surface area (Å²) >= 11 is 0. The molecule has 0 aliphatic rings. The van der Waals surface area contributed by atoms with Crippen LogP contribution >= 0.6 is 0 Å². The number of benzene rings is 1. The second-order valence-electron chi connectivity index (χ2n) is 3.05. The van der Waals surface area contributed by atoms with Gasteiger partial charge >= 0.3 is 0 Å². The largest absolute Gasteiger partial charge is 0.256 e. The molecule has 1 aromatic heterocycles. The number of hydrogen-bond donors (Lipinski definition) is 0. The summed E-state index contributed by atoms with van der Waals surface area (Å²) in [5.74, 6) is -0.211. The molecule has 0 fully saturated rings. The zero-order valence-corrected chi connectivity index (χ0v) is 7.87. The van der Waals surface area contributed by atoms with Crippen molar-refractivity contribution in [2.75, 3.05) is 0 Å². The van der Waals surface area contributed by atoms with Gasteiger partial charge in [0.05, 0.1) is 5.52 Å². The van der Waals surface area contributed by atoms with Gasteiger partial charge in [0.15, 0.2) is 0 Å². The molecule has 0 atom stereocenters. The van der Waals surface area contributed by atoms with E-state index in [1.807, 2.05) is 18.2 Å². The first-order valence-electron chi connectivity index (χ1n) is 4.48. The third-order valence-electron chi connectivity index (χ3n) is 2.14. The van der Waals surface area contributed by atoms with Crippen LogP contribution in [0.5, 0.6) is 0 Å². The predicted octanol–water partition coefficient (Wildman–Crippen LogP) is 3.57. The summed E-state index contributed by atoms with van der Waals surface area (Å²) < 4.78 is 13.2. The van der Waals surface area contributed by atoms with Crippen LogP contribution in [-0.2, 0) is 0 Å². The molecule has 0 saturated heterocycles. The zero-order chi connectivity index (χ0) is 9.97. The maximum absolute atomic E-state index is 13.2. The van der Waals surface area contributed by atoms with E-state index in [4.69, 9.17) is 0 Å². The molecule has 14 heavy (non-hydrogen) atoms. The molecular formula is C12H10FN. The van der Waals surface area contributed by atoms with Crippen molar-refractivity contribution in [3.05, 3.63) is 48.2 Å². The minimum absolute atomic E-state index is 0.211. The smallest absolute Gasteiger partial charge is 0.126 e. The van der Waals surface area contributed by atoms with Gasteiger partial charge in [0.2, 0.25) is 0 Å². The molecule has 0 aliphatic carbocycles. The van der Waals surface area contributed by atoms with Crippen LogP contribution in [0.3, 0.4) is 0 Å². The Morgan fingerprint density at radius 1 is 1.36 bits per heavy atom. The Morgan fingerprint density at radius 2 is 2.21 bits per heavy atom. The number of pyridine rings is 1. The van der Waals surface area contributed by atoms with Crippen LogP contribution in [-0.4, -0.2) is 4.98 Å². The molecule has 70 valence electrons. The molecule has 2 rings (SSSR count). The van der Waals surface area contributed by atoms with Crippen molar-refractivity contribution in [1.29, 1.82) is 0 Å². The lowest BCUT2D eigenvalue weighted by Gasteiger charge is -1.99. The second kappa shape index (κ2) is 3.58. The molecular weight excluding hydrogens is 177 g/mol. The SMILES string of the molecule is C/C=C(/F)c1ccc2cccnc2c1. The van der Waals surface area contributed by atoms with E-state index in [0.717, 1.165) is 10.9 Å². The van der Waals surface area contributed by atoms with Gasteiger partial charge in [0, 0.05) is 17.1 Å². The first-order valence-corrected chi connectivity index (χ1v) is 4.48. The van der Waals surface area contributed by atoms with Crippen LogP contribution in [0.25, 0.3) is 16.7 Å². The third kappa shape index (κ3) is 1.51. The Balaban J connectivity index is 2.62. The Bertz CT molecular complexity index is 488. The first-order chi connectivity index (χ1) is 6.81. The molecule has 2 aromatic rings. The molecule has 0 amide bonds.